The fourth-order valence-corrected chi connectivity index (χ4v) is 2.33. The van der Waals surface area contributed by atoms with Crippen LogP contribution in [0.4, 0.5) is 18.9 Å². The number of carbonyl (C=O) groups excluding carboxylic acids is 2. The van der Waals surface area contributed by atoms with E-state index in [-0.39, 0.29) is 16.1 Å². The molecule has 0 bridgehead atoms. The molecule has 0 saturated heterocycles. The number of carbonyl (C=O) groups is 2. The molecule has 0 saturated carbocycles. The van der Waals surface area contributed by atoms with Crippen molar-refractivity contribution in [3.63, 3.8) is 0 Å². The van der Waals surface area contributed by atoms with Crippen LogP contribution >= 0.6 is 11.6 Å². The number of alkyl halides is 3. The van der Waals surface area contributed by atoms with Crippen LogP contribution in [-0.2, 0) is 6.18 Å². The summed E-state index contributed by atoms with van der Waals surface area (Å²) in [6.07, 6.45) is -2.27. The fourth-order valence-electron chi connectivity index (χ4n) is 2.16. The largest absolute Gasteiger partial charge is 0.418 e. The first-order chi connectivity index (χ1) is 12.4. The van der Waals surface area contributed by atoms with Crippen molar-refractivity contribution in [1.82, 2.24) is 10.3 Å². The maximum absolute atomic E-state index is 13.1. The molecular formula is C18H17ClF3N3O2. The van der Waals surface area contributed by atoms with Crippen molar-refractivity contribution >= 4 is 29.1 Å². The van der Waals surface area contributed by atoms with Crippen LogP contribution in [0.2, 0.25) is 5.02 Å². The predicted molar refractivity (Wildman–Crippen MR) is 95.9 cm³/mol. The molecule has 2 rings (SSSR count). The van der Waals surface area contributed by atoms with Gasteiger partial charge < -0.3 is 10.6 Å². The topological polar surface area (TPSA) is 71.1 Å². The lowest BCUT2D eigenvalue weighted by atomic mass is 10.1. The Bertz CT molecular complexity index is 877. The lowest BCUT2D eigenvalue weighted by Gasteiger charge is -2.20. The van der Waals surface area contributed by atoms with E-state index in [0.717, 1.165) is 18.3 Å². The van der Waals surface area contributed by atoms with Crippen LogP contribution in [0.15, 0.2) is 36.7 Å². The number of pyridine rings is 1. The summed E-state index contributed by atoms with van der Waals surface area (Å²) in [7, 11) is 0. The maximum atomic E-state index is 13.1. The second-order valence-corrected chi connectivity index (χ2v) is 7.24. The molecule has 0 aliphatic carbocycles. The summed E-state index contributed by atoms with van der Waals surface area (Å²) in [5, 5.41) is 4.79. The molecule has 0 spiro atoms. The number of nitrogens with one attached hydrogen (secondary N) is 2. The van der Waals surface area contributed by atoms with Crippen LogP contribution in [0.5, 0.6) is 0 Å². The lowest BCUT2D eigenvalue weighted by Crippen LogP contribution is -2.40. The third kappa shape index (κ3) is 5.68. The molecule has 9 heteroatoms. The molecule has 5 nitrogen and oxygen atoms in total. The summed E-state index contributed by atoms with van der Waals surface area (Å²) >= 11 is 5.62. The summed E-state index contributed by atoms with van der Waals surface area (Å²) in [5.41, 5.74) is -1.95. The van der Waals surface area contributed by atoms with Crippen LogP contribution in [0.1, 0.15) is 47.1 Å². The number of hydrogen-bond donors (Lipinski definition) is 2. The van der Waals surface area contributed by atoms with Crippen molar-refractivity contribution < 1.29 is 22.8 Å². The number of nitrogens with zero attached hydrogens (tertiary/aromatic N) is 1. The Balaban J connectivity index is 2.28. The minimum absolute atomic E-state index is 0.0559. The average molecular weight is 400 g/mol. The zero-order valence-electron chi connectivity index (χ0n) is 14.7. The van der Waals surface area contributed by atoms with Gasteiger partial charge in [-0.05, 0) is 45.0 Å². The van der Waals surface area contributed by atoms with Crippen molar-refractivity contribution in [1.29, 1.82) is 0 Å². The summed E-state index contributed by atoms with van der Waals surface area (Å²) in [6, 6.07) is 4.28. The summed E-state index contributed by atoms with van der Waals surface area (Å²) < 4.78 is 39.4. The van der Waals surface area contributed by atoms with E-state index in [1.165, 1.54) is 18.3 Å². The normalized spacial score (nSPS) is 11.8. The molecule has 2 aromatic rings. The van der Waals surface area contributed by atoms with Crippen molar-refractivity contribution in [3.05, 3.63) is 58.4 Å². The van der Waals surface area contributed by atoms with Crippen molar-refractivity contribution in [2.45, 2.75) is 32.5 Å². The van der Waals surface area contributed by atoms with Crippen molar-refractivity contribution in [3.8, 4) is 0 Å². The quantitative estimate of drug-likeness (QED) is 0.796. The second-order valence-electron chi connectivity index (χ2n) is 6.81. The Morgan fingerprint density at radius 2 is 1.59 bits per heavy atom. The van der Waals surface area contributed by atoms with Gasteiger partial charge >= 0.3 is 6.18 Å². The smallest absolute Gasteiger partial charge is 0.347 e. The van der Waals surface area contributed by atoms with Crippen LogP contribution in [0, 0.1) is 0 Å². The monoisotopic (exact) mass is 399 g/mol. The number of halogens is 4. The van der Waals surface area contributed by atoms with Gasteiger partial charge in [0.1, 0.15) is 0 Å². The minimum atomic E-state index is -4.69. The minimum Gasteiger partial charge on any atom is -0.347 e. The highest BCUT2D eigenvalue weighted by atomic mass is 35.5. The molecule has 0 fully saturated rings. The van der Waals surface area contributed by atoms with E-state index in [9.17, 15) is 22.8 Å². The first-order valence-electron chi connectivity index (χ1n) is 7.82. The van der Waals surface area contributed by atoms with E-state index < -0.39 is 34.8 Å². The van der Waals surface area contributed by atoms with Crippen LogP contribution in [0.25, 0.3) is 0 Å². The van der Waals surface area contributed by atoms with Gasteiger partial charge in [-0.1, -0.05) is 11.6 Å². The van der Waals surface area contributed by atoms with Crippen LogP contribution in [0.3, 0.4) is 0 Å². The van der Waals surface area contributed by atoms with Gasteiger partial charge in [0.25, 0.3) is 11.8 Å². The number of aromatic nitrogens is 1. The van der Waals surface area contributed by atoms with Gasteiger partial charge in [-0.3, -0.25) is 14.6 Å². The third-order valence-corrected chi connectivity index (χ3v) is 3.52. The van der Waals surface area contributed by atoms with E-state index in [0.29, 0.717) is 0 Å². The molecule has 1 aromatic carbocycles. The fraction of sp³-hybridized carbons (Fsp3) is 0.278. The van der Waals surface area contributed by atoms with Gasteiger partial charge in [0, 0.05) is 23.0 Å². The Morgan fingerprint density at radius 1 is 1.00 bits per heavy atom. The number of amides is 2. The summed E-state index contributed by atoms with van der Waals surface area (Å²) in [5.74, 6) is -1.28. The Labute approximate surface area is 158 Å². The Kier molecular flexibility index (Phi) is 5.79. The number of benzene rings is 1. The standard InChI is InChI=1S/C18H17ClF3N3O2/c1-17(2,3)25-16(27)11-6-10(8-23-9-11)15(26)24-14-5-4-12(19)7-13(14)18(20,21)22/h4-9H,1-3H3,(H,24,26)(H,25,27). The molecule has 2 amide bonds. The zero-order chi connectivity index (χ0) is 20.4. The number of anilines is 1. The van der Waals surface area contributed by atoms with Gasteiger partial charge in [0.2, 0.25) is 0 Å². The van der Waals surface area contributed by atoms with Gasteiger partial charge in [0.05, 0.1) is 22.4 Å². The van der Waals surface area contributed by atoms with Crippen molar-refractivity contribution in [2.75, 3.05) is 5.32 Å². The third-order valence-electron chi connectivity index (χ3n) is 3.29. The molecule has 1 heterocycles. The first kappa shape index (κ1) is 20.7. The Morgan fingerprint density at radius 3 is 2.15 bits per heavy atom. The van der Waals surface area contributed by atoms with Crippen molar-refractivity contribution in [2.24, 2.45) is 0 Å². The highest BCUT2D eigenvalue weighted by molar-refractivity contribution is 6.30. The van der Waals surface area contributed by atoms with E-state index in [2.05, 4.69) is 15.6 Å². The molecule has 0 aliphatic rings. The predicted octanol–water partition coefficient (Wildman–Crippen LogP) is 4.53. The zero-order valence-corrected chi connectivity index (χ0v) is 15.5. The second kappa shape index (κ2) is 7.56. The van der Waals surface area contributed by atoms with Crippen LogP contribution in [-0.4, -0.2) is 22.3 Å². The first-order valence-corrected chi connectivity index (χ1v) is 8.20. The Hall–Kier alpha value is -2.61. The molecular weight excluding hydrogens is 383 g/mol. The lowest BCUT2D eigenvalue weighted by molar-refractivity contribution is -0.136. The molecule has 0 radical (unpaired) electrons. The summed E-state index contributed by atoms with van der Waals surface area (Å²) in [4.78, 5) is 28.3. The van der Waals surface area contributed by atoms with E-state index in [1.807, 2.05) is 0 Å². The number of hydrogen-bond acceptors (Lipinski definition) is 3. The van der Waals surface area contributed by atoms with Gasteiger partial charge in [-0.15, -0.1) is 0 Å². The van der Waals surface area contributed by atoms with E-state index in [4.69, 9.17) is 11.6 Å². The van der Waals surface area contributed by atoms with Gasteiger partial charge in [-0.2, -0.15) is 13.2 Å². The highest BCUT2D eigenvalue weighted by Crippen LogP contribution is 2.36. The van der Waals surface area contributed by atoms with Gasteiger partial charge in [-0.25, -0.2) is 0 Å². The van der Waals surface area contributed by atoms with Gasteiger partial charge in [0.15, 0.2) is 0 Å². The molecule has 0 atom stereocenters. The SMILES string of the molecule is CC(C)(C)NC(=O)c1cncc(C(=O)Nc2ccc(Cl)cc2C(F)(F)F)c1. The molecule has 1 aromatic heterocycles. The molecule has 144 valence electrons. The highest BCUT2D eigenvalue weighted by Gasteiger charge is 2.34. The summed E-state index contributed by atoms with van der Waals surface area (Å²) in [6.45, 7) is 5.36. The number of rotatable bonds is 3. The molecule has 0 aliphatic heterocycles. The maximum Gasteiger partial charge on any atom is 0.418 e. The van der Waals surface area contributed by atoms with E-state index in [1.54, 1.807) is 20.8 Å². The van der Waals surface area contributed by atoms with E-state index >= 15 is 0 Å². The molecule has 2 N–H and O–H groups in total. The average Bonchev–Trinajstić information content (AvgIpc) is 2.54. The molecule has 0 unspecified atom stereocenters. The van der Waals surface area contributed by atoms with Crippen LogP contribution < -0.4 is 10.6 Å². The molecule has 27 heavy (non-hydrogen) atoms.